The fourth-order valence-corrected chi connectivity index (χ4v) is 6.86. The quantitative estimate of drug-likeness (QED) is 0.00672. The SMILES string of the molecule is COC=Nc1cc(N=Nc2c(SOOO)cc3cc(S(=O)(=O)O)c(N)cc3c2O)c(OC)cc1N=Nc1ccc(SOOO)c2cc(SOOO)cc(O)c12. The van der Waals surface area contributed by atoms with Crippen molar-refractivity contribution in [1.82, 2.24) is 0 Å². The Bertz CT molecular complexity index is 2420. The maximum absolute atomic E-state index is 11.8. The van der Waals surface area contributed by atoms with E-state index in [2.05, 4.69) is 53.6 Å². The predicted molar refractivity (Wildman–Crippen MR) is 194 cm³/mol. The number of phenolic OH excluding ortho intramolecular Hbond substituents is 2. The van der Waals surface area contributed by atoms with Crippen molar-refractivity contribution in [2.24, 2.45) is 25.4 Å². The van der Waals surface area contributed by atoms with Gasteiger partial charge in [0.1, 0.15) is 33.5 Å². The van der Waals surface area contributed by atoms with E-state index in [1.54, 1.807) is 0 Å². The summed E-state index contributed by atoms with van der Waals surface area (Å²) in [5, 5.41) is 76.7. The van der Waals surface area contributed by atoms with Gasteiger partial charge in [0.2, 0.25) is 0 Å². The lowest BCUT2D eigenvalue weighted by Gasteiger charge is -2.12. The van der Waals surface area contributed by atoms with Gasteiger partial charge in [-0.25, -0.2) is 20.8 Å². The lowest BCUT2D eigenvalue weighted by Crippen LogP contribution is -2.03. The number of benzene rings is 5. The summed E-state index contributed by atoms with van der Waals surface area (Å²) in [6.45, 7) is 0. The predicted octanol–water partition coefficient (Wildman–Crippen LogP) is 8.66. The molecule has 0 bridgehead atoms. The fraction of sp³-hybridized carbons (Fsp3) is 0.0690. The van der Waals surface area contributed by atoms with Gasteiger partial charge in [0, 0.05) is 26.6 Å². The van der Waals surface area contributed by atoms with Crippen LogP contribution >= 0.6 is 36.1 Å². The monoisotopic (exact) mass is 840 g/mol. The number of hydrogen-bond acceptors (Lipinski definition) is 24. The van der Waals surface area contributed by atoms with Gasteiger partial charge in [-0.3, -0.25) is 4.55 Å². The van der Waals surface area contributed by atoms with E-state index in [-0.39, 0.29) is 71.6 Å². The van der Waals surface area contributed by atoms with Crippen LogP contribution in [-0.4, -0.2) is 59.6 Å². The summed E-state index contributed by atoms with van der Waals surface area (Å²) < 4.78 is 57.3. The number of nitrogens with zero attached hydrogens (tertiary/aromatic N) is 5. The van der Waals surface area contributed by atoms with Crippen molar-refractivity contribution in [3.63, 3.8) is 0 Å². The molecule has 0 unspecified atom stereocenters. The standard InChI is InChI=1S/C29H24N6O16S4/c1-44-12-31-19-10-21(34-35-28-25(54-51-48-40)5-13-6-26(55(41,42)43)17(30)9-15(13)29(28)37)23(45-2)11-20(19)33-32-18-3-4-24(53-50-47-39)16-7-14(52-49-46-38)8-22(36)27(16)18/h3-12,36-40H,30H2,1-2H3,(H,41,42,43). The van der Waals surface area contributed by atoms with Crippen LogP contribution in [0.4, 0.5) is 34.1 Å². The summed E-state index contributed by atoms with van der Waals surface area (Å²) in [5.74, 6) is -0.758. The minimum absolute atomic E-state index is 0.0168. The molecule has 0 aliphatic rings. The van der Waals surface area contributed by atoms with Crippen LogP contribution in [0.15, 0.2) is 99.6 Å². The Morgan fingerprint density at radius 2 is 1.40 bits per heavy atom. The van der Waals surface area contributed by atoms with Crippen LogP contribution in [-0.2, 0) is 43.0 Å². The number of aliphatic imine (C=N–C) groups is 1. The van der Waals surface area contributed by atoms with Crippen molar-refractivity contribution in [3.8, 4) is 17.2 Å². The average molecular weight is 841 g/mol. The molecule has 55 heavy (non-hydrogen) atoms. The highest BCUT2D eigenvalue weighted by Gasteiger charge is 2.21. The van der Waals surface area contributed by atoms with Crippen molar-refractivity contribution in [2.45, 2.75) is 19.6 Å². The third-order valence-corrected chi connectivity index (χ3v) is 9.78. The van der Waals surface area contributed by atoms with Crippen molar-refractivity contribution < 1.29 is 76.5 Å². The van der Waals surface area contributed by atoms with Crippen LogP contribution in [0.1, 0.15) is 0 Å². The normalized spacial score (nSPS) is 12.3. The summed E-state index contributed by atoms with van der Waals surface area (Å²) in [6, 6.07) is 12.0. The number of ether oxygens (including phenoxy) is 2. The largest absolute Gasteiger partial charge is 0.507 e. The van der Waals surface area contributed by atoms with E-state index >= 15 is 0 Å². The highest BCUT2D eigenvalue weighted by atomic mass is 32.2. The Morgan fingerprint density at radius 3 is 2.07 bits per heavy atom. The van der Waals surface area contributed by atoms with E-state index in [1.165, 1.54) is 56.7 Å². The molecule has 0 fully saturated rings. The van der Waals surface area contributed by atoms with Crippen LogP contribution in [0.25, 0.3) is 21.5 Å². The molecule has 5 rings (SSSR count). The van der Waals surface area contributed by atoms with Gasteiger partial charge >= 0.3 is 0 Å². The average Bonchev–Trinajstić information content (AvgIpc) is 3.16. The maximum atomic E-state index is 11.8. The number of anilines is 1. The smallest absolute Gasteiger partial charge is 0.296 e. The molecule has 8 N–H and O–H groups in total. The summed E-state index contributed by atoms with van der Waals surface area (Å²) in [6.07, 6.45) is 1.09. The van der Waals surface area contributed by atoms with Crippen molar-refractivity contribution in [1.29, 1.82) is 0 Å². The first-order valence-electron chi connectivity index (χ1n) is 14.4. The van der Waals surface area contributed by atoms with Crippen molar-refractivity contribution >= 4 is 108 Å². The highest BCUT2D eigenvalue weighted by Crippen LogP contribution is 2.48. The number of phenols is 2. The Labute approximate surface area is 320 Å². The van der Waals surface area contributed by atoms with E-state index in [9.17, 15) is 23.2 Å². The first kappa shape index (κ1) is 41.3. The second kappa shape index (κ2) is 18.6. The van der Waals surface area contributed by atoms with E-state index in [0.717, 1.165) is 18.5 Å². The van der Waals surface area contributed by atoms with Gasteiger partial charge in [0.15, 0.2) is 12.2 Å². The fourth-order valence-electron chi connectivity index (χ4n) is 4.82. The molecular formula is C29H24N6O16S4. The molecule has 0 aliphatic heterocycles. The van der Waals surface area contributed by atoms with Crippen LogP contribution in [0.2, 0.25) is 0 Å². The molecule has 0 radical (unpaired) electrons. The molecule has 0 heterocycles. The molecule has 5 aromatic carbocycles. The summed E-state index contributed by atoms with van der Waals surface area (Å²) in [4.78, 5) is 4.23. The van der Waals surface area contributed by atoms with Gasteiger partial charge in [-0.05, 0) is 53.9 Å². The lowest BCUT2D eigenvalue weighted by atomic mass is 10.1. The molecule has 26 heteroatoms. The number of nitrogen functional groups attached to an aromatic ring is 1. The molecule has 0 saturated carbocycles. The molecule has 0 amide bonds. The number of azo groups is 2. The molecule has 0 spiro atoms. The molecule has 22 nitrogen and oxygen atoms in total. The maximum Gasteiger partial charge on any atom is 0.296 e. The molecule has 5 aromatic rings. The Kier molecular flexibility index (Phi) is 14.0. The first-order chi connectivity index (χ1) is 26.4. The van der Waals surface area contributed by atoms with E-state index in [1.807, 2.05) is 0 Å². The second-order valence-electron chi connectivity index (χ2n) is 10.2. The summed E-state index contributed by atoms with van der Waals surface area (Å²) in [7, 11) is -2.05. The van der Waals surface area contributed by atoms with Crippen molar-refractivity contribution in [3.05, 3.63) is 54.6 Å². The van der Waals surface area contributed by atoms with E-state index in [0.29, 0.717) is 46.4 Å². The van der Waals surface area contributed by atoms with Gasteiger partial charge in [0.05, 0.1) is 77.7 Å². The van der Waals surface area contributed by atoms with Gasteiger partial charge in [-0.1, -0.05) is 15.1 Å². The number of nitrogens with two attached hydrogens (primary N) is 1. The molecule has 0 atom stereocenters. The zero-order valence-corrected chi connectivity index (χ0v) is 30.8. The highest BCUT2D eigenvalue weighted by molar-refractivity contribution is 7.95. The van der Waals surface area contributed by atoms with E-state index < -0.39 is 20.8 Å². The zero-order valence-electron chi connectivity index (χ0n) is 27.5. The van der Waals surface area contributed by atoms with Gasteiger partial charge < -0.3 is 25.4 Å². The molecular weight excluding hydrogens is 817 g/mol. The van der Waals surface area contributed by atoms with Crippen molar-refractivity contribution in [2.75, 3.05) is 20.0 Å². The van der Waals surface area contributed by atoms with Gasteiger partial charge in [-0.2, -0.15) is 8.42 Å². The summed E-state index contributed by atoms with van der Waals surface area (Å²) >= 11 is 1.56. The van der Waals surface area contributed by atoms with Gasteiger partial charge in [-0.15, -0.1) is 33.5 Å². The van der Waals surface area contributed by atoms with Crippen LogP contribution in [0.5, 0.6) is 17.2 Å². The number of aromatic hydroxyl groups is 2. The van der Waals surface area contributed by atoms with Crippen LogP contribution in [0.3, 0.4) is 0 Å². The minimum atomic E-state index is -4.73. The summed E-state index contributed by atoms with van der Waals surface area (Å²) in [5.41, 5.74) is 5.63. The Morgan fingerprint density at radius 1 is 0.727 bits per heavy atom. The molecule has 0 saturated heterocycles. The lowest BCUT2D eigenvalue weighted by molar-refractivity contribution is -0.432. The van der Waals surface area contributed by atoms with Crippen LogP contribution < -0.4 is 10.5 Å². The first-order valence-corrected chi connectivity index (χ1v) is 18.0. The third-order valence-electron chi connectivity index (χ3n) is 7.03. The number of methoxy groups -OCH3 is 2. The Hall–Kier alpha value is -4.91. The molecule has 290 valence electrons. The number of rotatable bonds is 17. The van der Waals surface area contributed by atoms with Crippen LogP contribution in [0, 0.1) is 0 Å². The van der Waals surface area contributed by atoms with E-state index in [4.69, 9.17) is 31.0 Å². The minimum Gasteiger partial charge on any atom is -0.507 e. The molecule has 0 aromatic heterocycles. The van der Waals surface area contributed by atoms with Gasteiger partial charge in [0.25, 0.3) is 10.1 Å². The second-order valence-corrected chi connectivity index (χ2v) is 13.8. The number of fused-ring (bicyclic) bond motifs is 2. The third kappa shape index (κ3) is 9.67. The Balaban J connectivity index is 1.60. The molecule has 0 aliphatic carbocycles. The number of hydrogen-bond donors (Lipinski definition) is 7. The zero-order chi connectivity index (χ0) is 39.7. The topological polar surface area (TPSA) is 317 Å².